The van der Waals surface area contributed by atoms with Gasteiger partial charge >= 0.3 is 0 Å². The van der Waals surface area contributed by atoms with Gasteiger partial charge in [0, 0.05) is 9.92 Å². The van der Waals surface area contributed by atoms with Crippen LogP contribution in [0.5, 0.6) is 0 Å². The first-order chi connectivity index (χ1) is 11.0. The Bertz CT molecular complexity index is 736. The fourth-order valence-corrected chi connectivity index (χ4v) is 4.02. The molecule has 1 fully saturated rings. The van der Waals surface area contributed by atoms with Crippen LogP contribution in [0.4, 0.5) is 0 Å². The molecule has 0 aromatic heterocycles. The van der Waals surface area contributed by atoms with Gasteiger partial charge in [0.25, 0.3) is 5.91 Å². The molecule has 2 amide bonds. The standard InChI is InChI=1S/C17H13Cl2NO2S/c18-13-6-8-14(9-7-13)23-17(19)10-15(21)20(16(17)22)11-12-4-2-1-3-5-12/h1-9H,10-11H2/t17-/m0/s1. The van der Waals surface area contributed by atoms with Gasteiger partial charge in [-0.15, -0.1) is 0 Å². The topological polar surface area (TPSA) is 37.4 Å². The summed E-state index contributed by atoms with van der Waals surface area (Å²) >= 11 is 13.5. The number of nitrogens with zero attached hydrogens (tertiary/aromatic N) is 1. The van der Waals surface area contributed by atoms with E-state index in [1.807, 2.05) is 30.3 Å². The van der Waals surface area contributed by atoms with Gasteiger partial charge in [0.05, 0.1) is 13.0 Å². The van der Waals surface area contributed by atoms with E-state index >= 15 is 0 Å². The first-order valence-electron chi connectivity index (χ1n) is 7.00. The molecule has 0 N–H and O–H groups in total. The van der Waals surface area contributed by atoms with Crippen LogP contribution in [0.3, 0.4) is 0 Å². The van der Waals surface area contributed by atoms with Gasteiger partial charge in [-0.05, 0) is 29.8 Å². The minimum Gasteiger partial charge on any atom is -0.276 e. The summed E-state index contributed by atoms with van der Waals surface area (Å²) < 4.78 is -1.29. The van der Waals surface area contributed by atoms with E-state index in [0.29, 0.717) is 5.02 Å². The van der Waals surface area contributed by atoms with Gasteiger partial charge in [-0.1, -0.05) is 65.3 Å². The van der Waals surface area contributed by atoms with Crippen LogP contribution >= 0.6 is 35.0 Å². The number of imide groups is 1. The van der Waals surface area contributed by atoms with Crippen molar-refractivity contribution in [2.45, 2.75) is 22.1 Å². The van der Waals surface area contributed by atoms with E-state index in [1.165, 1.54) is 16.7 Å². The zero-order valence-corrected chi connectivity index (χ0v) is 14.4. The van der Waals surface area contributed by atoms with Gasteiger partial charge in [0.2, 0.25) is 5.91 Å². The molecule has 3 rings (SSSR count). The normalized spacial score (nSPS) is 21.0. The maximum atomic E-state index is 12.6. The van der Waals surface area contributed by atoms with Crippen molar-refractivity contribution < 1.29 is 9.59 Å². The van der Waals surface area contributed by atoms with E-state index < -0.39 is 4.21 Å². The van der Waals surface area contributed by atoms with Crippen molar-refractivity contribution in [2.75, 3.05) is 0 Å². The Morgan fingerprint density at radius 1 is 1.04 bits per heavy atom. The molecule has 3 nitrogen and oxygen atoms in total. The highest BCUT2D eigenvalue weighted by atomic mass is 35.5. The SMILES string of the molecule is O=C1C[C@](Cl)(Sc2ccc(Cl)cc2)C(=O)N1Cc1ccccc1. The third-order valence-corrected chi connectivity index (χ3v) is 5.45. The van der Waals surface area contributed by atoms with Gasteiger partial charge in [-0.25, -0.2) is 0 Å². The van der Waals surface area contributed by atoms with E-state index in [2.05, 4.69) is 0 Å². The van der Waals surface area contributed by atoms with E-state index in [9.17, 15) is 9.59 Å². The van der Waals surface area contributed by atoms with Gasteiger partial charge in [-0.3, -0.25) is 14.5 Å². The summed E-state index contributed by atoms with van der Waals surface area (Å²) in [5, 5.41) is 0.609. The van der Waals surface area contributed by atoms with Gasteiger partial charge in [-0.2, -0.15) is 0 Å². The number of carbonyl (C=O) groups is 2. The number of amides is 2. The van der Waals surface area contributed by atoms with Crippen LogP contribution in [0.25, 0.3) is 0 Å². The number of rotatable bonds is 4. The minimum atomic E-state index is -1.29. The van der Waals surface area contributed by atoms with Crippen molar-refractivity contribution in [1.29, 1.82) is 0 Å². The molecule has 118 valence electrons. The second kappa shape index (κ2) is 6.56. The predicted octanol–water partition coefficient (Wildman–Crippen LogP) is 4.33. The van der Waals surface area contributed by atoms with Crippen LogP contribution in [-0.4, -0.2) is 20.9 Å². The maximum absolute atomic E-state index is 12.6. The summed E-state index contributed by atoms with van der Waals surface area (Å²) in [6.07, 6.45) is -0.0203. The Labute approximate surface area is 148 Å². The first kappa shape index (κ1) is 16.4. The molecule has 1 atom stereocenters. The molecule has 1 saturated heterocycles. The van der Waals surface area contributed by atoms with Gasteiger partial charge < -0.3 is 0 Å². The lowest BCUT2D eigenvalue weighted by Gasteiger charge is -2.19. The zero-order valence-electron chi connectivity index (χ0n) is 12.0. The monoisotopic (exact) mass is 365 g/mol. The van der Waals surface area contributed by atoms with Crippen molar-refractivity contribution in [1.82, 2.24) is 4.90 Å². The van der Waals surface area contributed by atoms with Crippen LogP contribution in [0.1, 0.15) is 12.0 Å². The molecule has 2 aromatic rings. The number of halogens is 2. The fourth-order valence-electron chi connectivity index (χ4n) is 2.38. The third kappa shape index (κ3) is 3.55. The molecular formula is C17H13Cl2NO2S. The van der Waals surface area contributed by atoms with Crippen LogP contribution < -0.4 is 0 Å². The molecule has 0 saturated carbocycles. The maximum Gasteiger partial charge on any atom is 0.261 e. The lowest BCUT2D eigenvalue weighted by molar-refractivity contribution is -0.139. The average Bonchev–Trinajstić information content (AvgIpc) is 2.74. The smallest absolute Gasteiger partial charge is 0.261 e. The van der Waals surface area contributed by atoms with E-state index in [1.54, 1.807) is 24.3 Å². The van der Waals surface area contributed by atoms with E-state index in [0.717, 1.165) is 10.5 Å². The molecule has 23 heavy (non-hydrogen) atoms. The number of benzene rings is 2. The first-order valence-corrected chi connectivity index (χ1v) is 8.57. The average molecular weight is 366 g/mol. The van der Waals surface area contributed by atoms with Crippen molar-refractivity contribution in [3.05, 3.63) is 65.2 Å². The quantitative estimate of drug-likeness (QED) is 0.597. The highest BCUT2D eigenvalue weighted by Crippen LogP contribution is 2.45. The molecule has 0 aliphatic carbocycles. The van der Waals surface area contributed by atoms with E-state index in [4.69, 9.17) is 23.2 Å². The summed E-state index contributed by atoms with van der Waals surface area (Å²) in [4.78, 5) is 26.9. The van der Waals surface area contributed by atoms with Crippen molar-refractivity contribution in [3.63, 3.8) is 0 Å². The zero-order chi connectivity index (χ0) is 16.4. The molecule has 2 aromatic carbocycles. The molecule has 1 heterocycles. The van der Waals surface area contributed by atoms with Crippen LogP contribution in [0.15, 0.2) is 59.5 Å². The highest BCUT2D eigenvalue weighted by Gasteiger charge is 2.51. The lowest BCUT2D eigenvalue weighted by atomic mass is 10.2. The number of hydrogen-bond acceptors (Lipinski definition) is 3. The number of alkyl halides is 1. The Morgan fingerprint density at radius 2 is 1.70 bits per heavy atom. The lowest BCUT2D eigenvalue weighted by Crippen LogP contribution is -2.34. The summed E-state index contributed by atoms with van der Waals surface area (Å²) in [6.45, 7) is 0.244. The Morgan fingerprint density at radius 3 is 2.35 bits per heavy atom. The van der Waals surface area contributed by atoms with E-state index in [-0.39, 0.29) is 24.8 Å². The van der Waals surface area contributed by atoms with Gasteiger partial charge in [0.15, 0.2) is 4.21 Å². The summed E-state index contributed by atoms with van der Waals surface area (Å²) in [7, 11) is 0. The predicted molar refractivity (Wildman–Crippen MR) is 92.5 cm³/mol. The number of hydrogen-bond donors (Lipinski definition) is 0. The molecule has 0 radical (unpaired) electrons. The van der Waals surface area contributed by atoms with Crippen molar-refractivity contribution in [2.24, 2.45) is 0 Å². The number of carbonyl (C=O) groups excluding carboxylic acids is 2. The molecule has 0 bridgehead atoms. The molecule has 0 spiro atoms. The third-order valence-electron chi connectivity index (χ3n) is 3.52. The fraction of sp³-hybridized carbons (Fsp3) is 0.176. The second-order valence-electron chi connectivity index (χ2n) is 5.23. The summed E-state index contributed by atoms with van der Waals surface area (Å²) in [5.74, 6) is -0.622. The summed E-state index contributed by atoms with van der Waals surface area (Å²) in [6, 6.07) is 16.4. The van der Waals surface area contributed by atoms with Crippen LogP contribution in [0, 0.1) is 0 Å². The Balaban J connectivity index is 1.78. The van der Waals surface area contributed by atoms with Crippen LogP contribution in [-0.2, 0) is 16.1 Å². The number of thioether (sulfide) groups is 1. The van der Waals surface area contributed by atoms with Crippen LogP contribution in [0.2, 0.25) is 5.02 Å². The Kier molecular flexibility index (Phi) is 4.67. The largest absolute Gasteiger partial charge is 0.276 e. The summed E-state index contributed by atoms with van der Waals surface area (Å²) in [5.41, 5.74) is 0.895. The number of likely N-dealkylation sites (tertiary alicyclic amines) is 1. The Hall–Kier alpha value is -1.49. The molecule has 6 heteroatoms. The van der Waals surface area contributed by atoms with Crippen molar-refractivity contribution in [3.8, 4) is 0 Å². The molecule has 0 unspecified atom stereocenters. The molecule has 1 aliphatic heterocycles. The second-order valence-corrected chi connectivity index (χ2v) is 7.91. The highest BCUT2D eigenvalue weighted by molar-refractivity contribution is 8.02. The minimum absolute atomic E-state index is 0.0203. The molecular weight excluding hydrogens is 353 g/mol. The van der Waals surface area contributed by atoms with Gasteiger partial charge in [0.1, 0.15) is 0 Å². The molecule has 1 aliphatic rings. The van der Waals surface area contributed by atoms with Crippen molar-refractivity contribution >= 4 is 46.8 Å².